The van der Waals surface area contributed by atoms with Crippen molar-refractivity contribution >= 4 is 22.9 Å². The molecule has 3 aromatic rings. The van der Waals surface area contributed by atoms with Crippen molar-refractivity contribution in [3.05, 3.63) is 46.9 Å². The zero-order valence-corrected chi connectivity index (χ0v) is 13.0. The van der Waals surface area contributed by atoms with Crippen LogP contribution < -0.4 is 5.32 Å². The van der Waals surface area contributed by atoms with Crippen molar-refractivity contribution in [1.29, 1.82) is 0 Å². The van der Waals surface area contributed by atoms with Gasteiger partial charge in [-0.1, -0.05) is 18.1 Å². The number of nitrogens with one attached hydrogen (secondary N) is 1. The highest BCUT2D eigenvalue weighted by atomic mass is 32.1. The van der Waals surface area contributed by atoms with Crippen molar-refractivity contribution in [2.24, 2.45) is 0 Å². The van der Waals surface area contributed by atoms with Crippen LogP contribution in [0.4, 0.5) is 5.69 Å². The summed E-state index contributed by atoms with van der Waals surface area (Å²) in [6.07, 6.45) is 2.28. The number of hydrogen-bond acceptors (Lipinski definition) is 6. The number of carbonyl (C=O) groups is 1. The van der Waals surface area contributed by atoms with Crippen LogP contribution in [-0.2, 0) is 6.42 Å². The number of thiophene rings is 1. The first-order chi connectivity index (χ1) is 10.7. The van der Waals surface area contributed by atoms with Crippen molar-refractivity contribution in [1.82, 2.24) is 15.1 Å². The van der Waals surface area contributed by atoms with Crippen molar-refractivity contribution in [3.8, 4) is 10.7 Å². The van der Waals surface area contributed by atoms with Gasteiger partial charge >= 0.3 is 0 Å². The van der Waals surface area contributed by atoms with E-state index in [1.807, 2.05) is 19.9 Å². The van der Waals surface area contributed by atoms with Gasteiger partial charge in [-0.15, -0.1) is 11.3 Å². The van der Waals surface area contributed by atoms with Gasteiger partial charge in [0.2, 0.25) is 11.7 Å². The van der Waals surface area contributed by atoms with Gasteiger partial charge in [0, 0.05) is 17.5 Å². The van der Waals surface area contributed by atoms with Gasteiger partial charge in [0.1, 0.15) is 5.69 Å². The van der Waals surface area contributed by atoms with Crippen LogP contribution in [0.3, 0.4) is 0 Å². The molecule has 1 N–H and O–H groups in total. The minimum atomic E-state index is -0.240. The quantitative estimate of drug-likeness (QED) is 0.799. The summed E-state index contributed by atoms with van der Waals surface area (Å²) in [6, 6.07) is 7.07. The number of carbonyl (C=O) groups excluding carboxylic acids is 1. The van der Waals surface area contributed by atoms with E-state index in [1.165, 1.54) is 11.3 Å². The highest BCUT2D eigenvalue weighted by molar-refractivity contribution is 7.16. The molecule has 0 aromatic carbocycles. The molecule has 3 aromatic heterocycles. The molecule has 0 bridgehead atoms. The Morgan fingerprint density at radius 2 is 2.27 bits per heavy atom. The summed E-state index contributed by atoms with van der Waals surface area (Å²) in [6.45, 7) is 3.89. The fourth-order valence-electron chi connectivity index (χ4n) is 1.90. The molecule has 0 fully saturated rings. The Bertz CT molecular complexity index is 795. The number of amides is 1. The van der Waals surface area contributed by atoms with Crippen LogP contribution in [0.15, 0.2) is 35.0 Å². The molecule has 0 aliphatic heterocycles. The summed E-state index contributed by atoms with van der Waals surface area (Å²) in [7, 11) is 0. The SMILES string of the molecule is CCc1nc(-c2cc(NC(=O)c3ccccn3)c(C)s2)no1. The molecule has 3 rings (SSSR count). The molecule has 3 heterocycles. The summed E-state index contributed by atoms with van der Waals surface area (Å²) in [4.78, 5) is 22.3. The fraction of sp³-hybridized carbons (Fsp3) is 0.200. The second kappa shape index (κ2) is 6.07. The summed E-state index contributed by atoms with van der Waals surface area (Å²) in [5.41, 5.74) is 1.11. The van der Waals surface area contributed by atoms with Crippen LogP contribution in [0, 0.1) is 6.92 Å². The minimum Gasteiger partial charge on any atom is -0.339 e. The second-order valence-corrected chi connectivity index (χ2v) is 5.87. The van der Waals surface area contributed by atoms with Gasteiger partial charge in [0.15, 0.2) is 0 Å². The van der Waals surface area contributed by atoms with Gasteiger partial charge in [0.25, 0.3) is 5.91 Å². The highest BCUT2D eigenvalue weighted by Crippen LogP contribution is 2.32. The molecule has 0 radical (unpaired) electrons. The number of anilines is 1. The van der Waals surface area contributed by atoms with Gasteiger partial charge < -0.3 is 9.84 Å². The van der Waals surface area contributed by atoms with Gasteiger partial charge in [0.05, 0.1) is 10.6 Å². The van der Waals surface area contributed by atoms with E-state index in [-0.39, 0.29) is 5.91 Å². The molecule has 7 heteroatoms. The predicted octanol–water partition coefficient (Wildman–Crippen LogP) is 3.32. The molecule has 6 nitrogen and oxygen atoms in total. The van der Waals surface area contributed by atoms with E-state index in [9.17, 15) is 4.79 Å². The number of aromatic nitrogens is 3. The Labute approximate surface area is 131 Å². The average Bonchev–Trinajstić information content (AvgIpc) is 3.15. The molecule has 0 aliphatic carbocycles. The summed E-state index contributed by atoms with van der Waals surface area (Å²) in [5, 5.41) is 6.81. The molecule has 0 spiro atoms. The van der Waals surface area contributed by atoms with Crippen LogP contribution in [0.5, 0.6) is 0 Å². The predicted molar refractivity (Wildman–Crippen MR) is 83.9 cm³/mol. The number of hydrogen-bond donors (Lipinski definition) is 1. The van der Waals surface area contributed by atoms with Crippen LogP contribution in [0.1, 0.15) is 28.2 Å². The largest absolute Gasteiger partial charge is 0.339 e. The van der Waals surface area contributed by atoms with Crippen LogP contribution in [0.25, 0.3) is 10.7 Å². The van der Waals surface area contributed by atoms with E-state index in [1.54, 1.807) is 24.4 Å². The van der Waals surface area contributed by atoms with E-state index in [0.29, 0.717) is 23.8 Å². The Hall–Kier alpha value is -2.54. The van der Waals surface area contributed by atoms with Crippen molar-refractivity contribution in [2.45, 2.75) is 20.3 Å². The molecule has 0 saturated carbocycles. The van der Waals surface area contributed by atoms with Gasteiger partial charge in [-0.2, -0.15) is 4.98 Å². The molecular weight excluding hydrogens is 300 g/mol. The van der Waals surface area contributed by atoms with E-state index in [2.05, 4.69) is 20.4 Å². The molecule has 0 saturated heterocycles. The maximum atomic E-state index is 12.1. The van der Waals surface area contributed by atoms with Gasteiger partial charge in [-0.25, -0.2) is 0 Å². The Balaban J connectivity index is 1.82. The molecule has 0 unspecified atom stereocenters. The van der Waals surface area contributed by atoms with E-state index >= 15 is 0 Å². The van der Waals surface area contributed by atoms with Crippen LogP contribution in [-0.4, -0.2) is 21.0 Å². The van der Waals surface area contributed by atoms with Crippen LogP contribution >= 0.6 is 11.3 Å². The lowest BCUT2D eigenvalue weighted by atomic mass is 10.3. The fourth-order valence-corrected chi connectivity index (χ4v) is 2.80. The average molecular weight is 314 g/mol. The lowest BCUT2D eigenvalue weighted by Gasteiger charge is -2.02. The van der Waals surface area contributed by atoms with Gasteiger partial charge in [-0.05, 0) is 25.1 Å². The first kappa shape index (κ1) is 14.4. The molecule has 1 amide bonds. The minimum absolute atomic E-state index is 0.240. The van der Waals surface area contributed by atoms with E-state index in [0.717, 1.165) is 15.4 Å². The van der Waals surface area contributed by atoms with E-state index in [4.69, 9.17) is 4.52 Å². The second-order valence-electron chi connectivity index (χ2n) is 4.61. The lowest BCUT2D eigenvalue weighted by molar-refractivity contribution is 0.102. The maximum absolute atomic E-state index is 12.1. The van der Waals surface area contributed by atoms with E-state index < -0.39 is 0 Å². The number of pyridine rings is 1. The molecule has 0 atom stereocenters. The third-order valence-corrected chi connectivity index (χ3v) is 4.10. The smallest absolute Gasteiger partial charge is 0.274 e. The van der Waals surface area contributed by atoms with Crippen molar-refractivity contribution in [2.75, 3.05) is 5.32 Å². The van der Waals surface area contributed by atoms with Crippen LogP contribution in [0.2, 0.25) is 0 Å². The first-order valence-electron chi connectivity index (χ1n) is 6.83. The number of aryl methyl sites for hydroxylation is 2. The lowest BCUT2D eigenvalue weighted by Crippen LogP contribution is -2.13. The maximum Gasteiger partial charge on any atom is 0.274 e. The molecule has 112 valence electrons. The topological polar surface area (TPSA) is 80.9 Å². The van der Waals surface area contributed by atoms with Crippen molar-refractivity contribution < 1.29 is 9.32 Å². The molecular formula is C15H14N4O2S. The monoisotopic (exact) mass is 314 g/mol. The Morgan fingerprint density at radius 3 is 2.95 bits per heavy atom. The standard InChI is InChI=1S/C15H14N4O2S/c1-3-13-18-14(19-21-13)12-8-11(9(2)22-12)17-15(20)10-6-4-5-7-16-10/h4-8H,3H2,1-2H3,(H,17,20). The summed E-state index contributed by atoms with van der Waals surface area (Å²) >= 11 is 1.51. The van der Waals surface area contributed by atoms with Crippen molar-refractivity contribution in [3.63, 3.8) is 0 Å². The number of nitrogens with zero attached hydrogens (tertiary/aromatic N) is 3. The number of rotatable bonds is 4. The normalized spacial score (nSPS) is 10.6. The summed E-state index contributed by atoms with van der Waals surface area (Å²) < 4.78 is 5.12. The molecule has 22 heavy (non-hydrogen) atoms. The highest BCUT2D eigenvalue weighted by Gasteiger charge is 2.15. The zero-order valence-electron chi connectivity index (χ0n) is 12.2. The zero-order chi connectivity index (χ0) is 15.5. The third-order valence-electron chi connectivity index (χ3n) is 3.05. The first-order valence-corrected chi connectivity index (χ1v) is 7.64. The Morgan fingerprint density at radius 1 is 1.41 bits per heavy atom. The summed E-state index contributed by atoms with van der Waals surface area (Å²) in [5.74, 6) is 0.902. The van der Waals surface area contributed by atoms with Gasteiger partial charge in [-0.3, -0.25) is 9.78 Å². The Kier molecular flexibility index (Phi) is 3.97. The third kappa shape index (κ3) is 2.89. The molecule has 0 aliphatic rings.